The number of morpholine rings is 1. The van der Waals surface area contributed by atoms with E-state index in [4.69, 9.17) is 15.3 Å². The topological polar surface area (TPSA) is 72.1 Å². The first-order chi connectivity index (χ1) is 9.76. The van der Waals surface area contributed by atoms with Gasteiger partial charge >= 0.3 is 0 Å². The second kappa shape index (κ2) is 6.55. The van der Waals surface area contributed by atoms with E-state index in [0.29, 0.717) is 37.7 Å². The summed E-state index contributed by atoms with van der Waals surface area (Å²) in [7, 11) is 0. The van der Waals surface area contributed by atoms with E-state index < -0.39 is 0 Å². The van der Waals surface area contributed by atoms with E-state index in [1.807, 2.05) is 4.90 Å². The molecule has 0 saturated carbocycles. The lowest BCUT2D eigenvalue weighted by atomic mass is 10.2. The summed E-state index contributed by atoms with van der Waals surface area (Å²) >= 11 is 0. The molecule has 1 N–H and O–H groups in total. The Kier molecular flexibility index (Phi) is 4.54. The molecule has 1 heterocycles. The van der Waals surface area contributed by atoms with Crippen LogP contribution < -0.4 is 10.2 Å². The van der Waals surface area contributed by atoms with Gasteiger partial charge in [-0.05, 0) is 12.1 Å². The molecule has 0 unspecified atom stereocenters. The van der Waals surface area contributed by atoms with Crippen molar-refractivity contribution >= 4 is 11.4 Å². The van der Waals surface area contributed by atoms with Crippen molar-refractivity contribution in [2.24, 2.45) is 0 Å². The molecule has 0 spiro atoms. The maximum Gasteiger partial charge on any atom is 0.148 e. The number of nitrogens with one attached hydrogen (secondary N) is 1. The fourth-order valence-corrected chi connectivity index (χ4v) is 1.98. The number of allylic oxidation sites excluding steroid dienone is 1. The Morgan fingerprint density at radius 3 is 2.65 bits per heavy atom. The van der Waals surface area contributed by atoms with E-state index >= 15 is 0 Å². The lowest BCUT2D eigenvalue weighted by molar-refractivity contribution is 0.122. The Balaban J connectivity index is 2.29. The van der Waals surface area contributed by atoms with Crippen LogP contribution in [0.1, 0.15) is 0 Å². The Labute approximate surface area is 116 Å². The van der Waals surface area contributed by atoms with E-state index in [1.54, 1.807) is 24.3 Å². The van der Waals surface area contributed by atoms with Crippen LogP contribution in [0.4, 0.5) is 15.8 Å². The van der Waals surface area contributed by atoms with Gasteiger partial charge in [0.2, 0.25) is 0 Å². The van der Waals surface area contributed by atoms with E-state index in [0.717, 1.165) is 0 Å². The molecule has 0 radical (unpaired) electrons. The minimum atomic E-state index is -0.347. The molecular weight excluding hydrogens is 259 g/mol. The molecular formula is C14H13FN4O. The van der Waals surface area contributed by atoms with Crippen LogP contribution in [0.25, 0.3) is 0 Å². The minimum Gasteiger partial charge on any atom is -0.378 e. The third-order valence-corrected chi connectivity index (χ3v) is 2.93. The molecule has 2 rings (SSSR count). The van der Waals surface area contributed by atoms with Gasteiger partial charge in [0.25, 0.3) is 0 Å². The third kappa shape index (κ3) is 3.05. The van der Waals surface area contributed by atoms with Gasteiger partial charge in [0, 0.05) is 19.3 Å². The maximum atomic E-state index is 14.0. The molecule has 1 aromatic rings. The van der Waals surface area contributed by atoms with Crippen molar-refractivity contribution < 1.29 is 9.13 Å². The van der Waals surface area contributed by atoms with Crippen molar-refractivity contribution in [1.29, 1.82) is 10.5 Å². The van der Waals surface area contributed by atoms with Crippen LogP contribution in [0.15, 0.2) is 30.0 Å². The zero-order chi connectivity index (χ0) is 14.4. The number of halogens is 1. The number of rotatable bonds is 3. The fourth-order valence-electron chi connectivity index (χ4n) is 1.98. The molecule has 1 fully saturated rings. The average molecular weight is 272 g/mol. The summed E-state index contributed by atoms with van der Waals surface area (Å²) < 4.78 is 19.3. The van der Waals surface area contributed by atoms with E-state index in [-0.39, 0.29) is 11.4 Å². The minimum absolute atomic E-state index is 0.0674. The second-order valence-corrected chi connectivity index (χ2v) is 4.16. The molecule has 1 aliphatic heterocycles. The summed E-state index contributed by atoms with van der Waals surface area (Å²) in [4.78, 5) is 1.88. The molecule has 0 aliphatic carbocycles. The molecule has 20 heavy (non-hydrogen) atoms. The van der Waals surface area contributed by atoms with Gasteiger partial charge in [-0.3, -0.25) is 0 Å². The van der Waals surface area contributed by atoms with Crippen molar-refractivity contribution in [2.75, 3.05) is 36.5 Å². The first-order valence-corrected chi connectivity index (χ1v) is 6.14. The Morgan fingerprint density at radius 1 is 1.30 bits per heavy atom. The van der Waals surface area contributed by atoms with Gasteiger partial charge in [0.1, 0.15) is 23.5 Å². The fraction of sp³-hybridized carbons (Fsp3) is 0.286. The van der Waals surface area contributed by atoms with Gasteiger partial charge in [-0.2, -0.15) is 10.5 Å². The van der Waals surface area contributed by atoms with Crippen LogP contribution in [0.5, 0.6) is 0 Å². The standard InChI is InChI=1S/C14H13FN4O/c15-12-2-1-3-13(18-10-11(8-16)9-17)14(12)19-4-6-20-7-5-19/h1-3,10,18H,4-7H2. The van der Waals surface area contributed by atoms with Gasteiger partial charge in [-0.15, -0.1) is 0 Å². The predicted molar refractivity (Wildman–Crippen MR) is 72.4 cm³/mol. The van der Waals surface area contributed by atoms with Gasteiger partial charge in [-0.25, -0.2) is 4.39 Å². The zero-order valence-corrected chi connectivity index (χ0v) is 10.8. The van der Waals surface area contributed by atoms with Crippen molar-refractivity contribution in [1.82, 2.24) is 0 Å². The molecule has 5 nitrogen and oxygen atoms in total. The van der Waals surface area contributed by atoms with Gasteiger partial charge < -0.3 is 15.0 Å². The monoisotopic (exact) mass is 272 g/mol. The normalized spacial score (nSPS) is 14.1. The van der Waals surface area contributed by atoms with E-state index in [9.17, 15) is 4.39 Å². The molecule has 0 aromatic heterocycles. The number of benzene rings is 1. The number of hydrogen-bond donors (Lipinski definition) is 1. The number of para-hydroxylation sites is 1. The maximum absolute atomic E-state index is 14.0. The van der Waals surface area contributed by atoms with E-state index in [1.165, 1.54) is 12.3 Å². The number of hydrogen-bond acceptors (Lipinski definition) is 5. The smallest absolute Gasteiger partial charge is 0.148 e. The van der Waals surface area contributed by atoms with Crippen LogP contribution in [-0.2, 0) is 4.74 Å². The van der Waals surface area contributed by atoms with Gasteiger partial charge in [0.15, 0.2) is 0 Å². The zero-order valence-electron chi connectivity index (χ0n) is 10.8. The quantitative estimate of drug-likeness (QED) is 0.852. The summed E-state index contributed by atoms with van der Waals surface area (Å²) in [6, 6.07) is 8.16. The summed E-state index contributed by atoms with van der Waals surface area (Å²) in [6.45, 7) is 2.29. The lowest BCUT2D eigenvalue weighted by Crippen LogP contribution is -2.37. The number of nitrogens with zero attached hydrogens (tertiary/aromatic N) is 3. The van der Waals surface area contributed by atoms with E-state index in [2.05, 4.69) is 5.32 Å². The Morgan fingerprint density at radius 2 is 2.00 bits per heavy atom. The van der Waals surface area contributed by atoms with Crippen LogP contribution in [-0.4, -0.2) is 26.3 Å². The molecule has 0 atom stereocenters. The molecule has 102 valence electrons. The highest BCUT2D eigenvalue weighted by atomic mass is 19.1. The molecule has 1 aliphatic rings. The van der Waals surface area contributed by atoms with Crippen LogP contribution in [0.2, 0.25) is 0 Å². The highest BCUT2D eigenvalue weighted by molar-refractivity contribution is 5.72. The van der Waals surface area contributed by atoms with Crippen molar-refractivity contribution in [3.8, 4) is 12.1 Å². The second-order valence-electron chi connectivity index (χ2n) is 4.16. The van der Waals surface area contributed by atoms with Crippen molar-refractivity contribution in [2.45, 2.75) is 0 Å². The van der Waals surface area contributed by atoms with Crippen molar-refractivity contribution in [3.63, 3.8) is 0 Å². The average Bonchev–Trinajstić information content (AvgIpc) is 2.49. The summed E-state index contributed by atoms with van der Waals surface area (Å²) in [5.74, 6) is -0.347. The summed E-state index contributed by atoms with van der Waals surface area (Å²) in [5.41, 5.74) is 0.888. The first kappa shape index (κ1) is 13.9. The highest BCUT2D eigenvalue weighted by Crippen LogP contribution is 2.29. The van der Waals surface area contributed by atoms with Crippen molar-refractivity contribution in [3.05, 3.63) is 35.8 Å². The first-order valence-electron chi connectivity index (χ1n) is 6.14. The number of ether oxygens (including phenoxy) is 1. The van der Waals surface area contributed by atoms with Crippen LogP contribution >= 0.6 is 0 Å². The van der Waals surface area contributed by atoms with Gasteiger partial charge in [0.05, 0.1) is 24.6 Å². The van der Waals surface area contributed by atoms with Gasteiger partial charge in [-0.1, -0.05) is 6.07 Å². The van der Waals surface area contributed by atoms with Crippen LogP contribution in [0.3, 0.4) is 0 Å². The largest absolute Gasteiger partial charge is 0.378 e. The molecule has 6 heteroatoms. The highest BCUT2D eigenvalue weighted by Gasteiger charge is 2.18. The summed E-state index contributed by atoms with van der Waals surface area (Å²) in [6.07, 6.45) is 1.28. The molecule has 0 amide bonds. The molecule has 1 saturated heterocycles. The number of nitriles is 2. The molecule has 0 bridgehead atoms. The predicted octanol–water partition coefficient (Wildman–Crippen LogP) is 2.01. The SMILES string of the molecule is N#CC(C#N)=CNc1cccc(F)c1N1CCOCC1. The third-order valence-electron chi connectivity index (χ3n) is 2.93. The number of anilines is 2. The van der Waals surface area contributed by atoms with Crippen LogP contribution in [0, 0.1) is 28.5 Å². The summed E-state index contributed by atoms with van der Waals surface area (Å²) in [5, 5.41) is 20.2. The lowest BCUT2D eigenvalue weighted by Gasteiger charge is -2.30. The molecule has 1 aromatic carbocycles. The Bertz CT molecular complexity index is 578. The Hall–Kier alpha value is -2.57.